The van der Waals surface area contributed by atoms with Crippen molar-refractivity contribution in [1.29, 1.82) is 0 Å². The predicted octanol–water partition coefficient (Wildman–Crippen LogP) is 3.03. The van der Waals surface area contributed by atoms with Crippen LogP contribution in [0.5, 0.6) is 0 Å². The van der Waals surface area contributed by atoms with Crippen LogP contribution in [0.3, 0.4) is 0 Å². The molecule has 0 nitrogen and oxygen atoms in total. The van der Waals surface area contributed by atoms with Gasteiger partial charge in [-0.1, -0.05) is 28.8 Å². The SMILES string of the molecule is CC1=CC(Cl)=C(Cl)C1. The highest BCUT2D eigenvalue weighted by molar-refractivity contribution is 6.40. The Morgan fingerprint density at radius 3 is 2.25 bits per heavy atom. The first-order valence-electron chi connectivity index (χ1n) is 2.41. The molecule has 1 aliphatic rings. The Balaban J connectivity index is 2.79. The topological polar surface area (TPSA) is 0 Å². The summed E-state index contributed by atoms with van der Waals surface area (Å²) in [6, 6.07) is 0. The average Bonchev–Trinajstić information content (AvgIpc) is 1.85. The highest BCUT2D eigenvalue weighted by Crippen LogP contribution is 2.29. The van der Waals surface area contributed by atoms with E-state index in [1.807, 2.05) is 13.0 Å². The lowest BCUT2D eigenvalue weighted by molar-refractivity contribution is 1.23. The van der Waals surface area contributed by atoms with E-state index in [-0.39, 0.29) is 0 Å². The first-order chi connectivity index (χ1) is 3.70. The largest absolute Gasteiger partial charge is 0.0872 e. The molecule has 0 heterocycles. The maximum atomic E-state index is 5.65. The van der Waals surface area contributed by atoms with Gasteiger partial charge in [-0.2, -0.15) is 0 Å². The van der Waals surface area contributed by atoms with Gasteiger partial charge < -0.3 is 0 Å². The Kier molecular flexibility index (Phi) is 1.64. The number of hydrogen-bond acceptors (Lipinski definition) is 0. The second-order valence-corrected chi connectivity index (χ2v) is 2.78. The van der Waals surface area contributed by atoms with Gasteiger partial charge in [0.05, 0.1) is 5.03 Å². The fraction of sp³-hybridized carbons (Fsp3) is 0.333. The van der Waals surface area contributed by atoms with Crippen molar-refractivity contribution in [3.05, 3.63) is 21.7 Å². The van der Waals surface area contributed by atoms with Crippen LogP contribution < -0.4 is 0 Å². The molecule has 0 N–H and O–H groups in total. The van der Waals surface area contributed by atoms with E-state index in [4.69, 9.17) is 23.2 Å². The van der Waals surface area contributed by atoms with Gasteiger partial charge in [-0.15, -0.1) is 0 Å². The normalized spacial score (nSPS) is 19.6. The van der Waals surface area contributed by atoms with Crippen LogP contribution in [0, 0.1) is 0 Å². The van der Waals surface area contributed by atoms with Crippen LogP contribution in [0.2, 0.25) is 0 Å². The number of halogens is 2. The summed E-state index contributed by atoms with van der Waals surface area (Å²) in [6.45, 7) is 2.01. The third-order valence-corrected chi connectivity index (χ3v) is 1.84. The predicted molar refractivity (Wildman–Crippen MR) is 37.1 cm³/mol. The Labute approximate surface area is 58.8 Å². The van der Waals surface area contributed by atoms with Gasteiger partial charge in [0.25, 0.3) is 0 Å². The zero-order valence-corrected chi connectivity index (χ0v) is 6.05. The van der Waals surface area contributed by atoms with Crippen LogP contribution in [-0.4, -0.2) is 0 Å². The lowest BCUT2D eigenvalue weighted by Gasteiger charge is -1.85. The summed E-state index contributed by atoms with van der Waals surface area (Å²) in [5, 5.41) is 1.47. The summed E-state index contributed by atoms with van der Waals surface area (Å²) in [5.41, 5.74) is 1.24. The molecule has 0 aromatic heterocycles. The standard InChI is InChI=1S/C6H6Cl2/c1-4-2-5(7)6(8)3-4/h2H,3H2,1H3. The highest BCUT2D eigenvalue weighted by Gasteiger charge is 2.07. The van der Waals surface area contributed by atoms with E-state index in [2.05, 4.69) is 0 Å². The van der Waals surface area contributed by atoms with Crippen molar-refractivity contribution in [2.24, 2.45) is 0 Å². The molecule has 0 radical (unpaired) electrons. The highest BCUT2D eigenvalue weighted by atomic mass is 35.5. The quantitative estimate of drug-likeness (QED) is 0.496. The van der Waals surface area contributed by atoms with Crippen LogP contribution in [0.1, 0.15) is 13.3 Å². The summed E-state index contributed by atoms with van der Waals surface area (Å²) in [4.78, 5) is 0. The van der Waals surface area contributed by atoms with E-state index >= 15 is 0 Å². The third-order valence-electron chi connectivity index (χ3n) is 1.07. The summed E-state index contributed by atoms with van der Waals surface area (Å²) >= 11 is 11.3. The maximum absolute atomic E-state index is 5.65. The molecule has 2 heteroatoms. The molecule has 44 valence electrons. The molecule has 0 bridgehead atoms. The monoisotopic (exact) mass is 148 g/mol. The van der Waals surface area contributed by atoms with E-state index in [9.17, 15) is 0 Å². The molecule has 1 rings (SSSR count). The van der Waals surface area contributed by atoms with Crippen LogP contribution in [0.15, 0.2) is 21.7 Å². The zero-order valence-electron chi connectivity index (χ0n) is 4.54. The van der Waals surface area contributed by atoms with E-state index in [1.165, 1.54) is 5.57 Å². The van der Waals surface area contributed by atoms with Gasteiger partial charge in [-0.05, 0) is 13.0 Å². The molecule has 0 saturated heterocycles. The van der Waals surface area contributed by atoms with E-state index in [0.717, 1.165) is 11.5 Å². The fourth-order valence-corrected chi connectivity index (χ4v) is 1.19. The van der Waals surface area contributed by atoms with Crippen LogP contribution in [-0.2, 0) is 0 Å². The molecule has 0 saturated carbocycles. The van der Waals surface area contributed by atoms with E-state index in [0.29, 0.717) is 5.03 Å². The molecule has 0 aromatic rings. The first-order valence-corrected chi connectivity index (χ1v) is 3.17. The molecular formula is C6H6Cl2. The lowest BCUT2D eigenvalue weighted by atomic mass is 10.3. The van der Waals surface area contributed by atoms with Crippen molar-refractivity contribution < 1.29 is 0 Å². The minimum absolute atomic E-state index is 0.698. The van der Waals surface area contributed by atoms with Crippen molar-refractivity contribution in [1.82, 2.24) is 0 Å². The van der Waals surface area contributed by atoms with Gasteiger partial charge in [-0.3, -0.25) is 0 Å². The minimum Gasteiger partial charge on any atom is -0.0872 e. The fourth-order valence-electron chi connectivity index (χ4n) is 0.675. The van der Waals surface area contributed by atoms with Crippen molar-refractivity contribution >= 4 is 23.2 Å². The molecule has 0 aliphatic heterocycles. The molecule has 0 fully saturated rings. The summed E-state index contributed by atoms with van der Waals surface area (Å²) < 4.78 is 0. The molecular weight excluding hydrogens is 143 g/mol. The van der Waals surface area contributed by atoms with Crippen LogP contribution >= 0.6 is 23.2 Å². The van der Waals surface area contributed by atoms with Crippen molar-refractivity contribution in [2.75, 3.05) is 0 Å². The van der Waals surface area contributed by atoms with Gasteiger partial charge in [-0.25, -0.2) is 0 Å². The van der Waals surface area contributed by atoms with E-state index in [1.54, 1.807) is 0 Å². The second kappa shape index (κ2) is 2.12. The Morgan fingerprint density at radius 1 is 1.50 bits per heavy atom. The smallest absolute Gasteiger partial charge is 0.0553 e. The summed E-state index contributed by atoms with van der Waals surface area (Å²) in [5.74, 6) is 0. The molecule has 0 aromatic carbocycles. The Morgan fingerprint density at radius 2 is 2.12 bits per heavy atom. The number of hydrogen-bond donors (Lipinski definition) is 0. The van der Waals surface area contributed by atoms with Gasteiger partial charge in [0.2, 0.25) is 0 Å². The number of allylic oxidation sites excluding steroid dienone is 4. The lowest BCUT2D eigenvalue weighted by Crippen LogP contribution is -1.65. The second-order valence-electron chi connectivity index (χ2n) is 1.92. The molecule has 0 amide bonds. The van der Waals surface area contributed by atoms with Crippen molar-refractivity contribution in [3.63, 3.8) is 0 Å². The molecule has 1 aliphatic carbocycles. The van der Waals surface area contributed by atoms with Gasteiger partial charge in [0.15, 0.2) is 0 Å². The van der Waals surface area contributed by atoms with Crippen molar-refractivity contribution in [3.8, 4) is 0 Å². The molecule has 0 unspecified atom stereocenters. The molecule has 8 heavy (non-hydrogen) atoms. The Hall–Kier alpha value is 0.0600. The first kappa shape index (κ1) is 6.18. The van der Waals surface area contributed by atoms with Gasteiger partial charge in [0, 0.05) is 11.5 Å². The van der Waals surface area contributed by atoms with Crippen LogP contribution in [0.4, 0.5) is 0 Å². The van der Waals surface area contributed by atoms with Crippen molar-refractivity contribution in [2.45, 2.75) is 13.3 Å². The maximum Gasteiger partial charge on any atom is 0.0553 e. The molecule has 0 spiro atoms. The summed E-state index contributed by atoms with van der Waals surface area (Å²) in [7, 11) is 0. The third kappa shape index (κ3) is 1.07. The average molecular weight is 149 g/mol. The summed E-state index contributed by atoms with van der Waals surface area (Å²) in [6.07, 6.45) is 2.73. The van der Waals surface area contributed by atoms with Crippen LogP contribution in [0.25, 0.3) is 0 Å². The van der Waals surface area contributed by atoms with E-state index < -0.39 is 0 Å². The number of rotatable bonds is 0. The minimum atomic E-state index is 0.698. The Bertz CT molecular complexity index is 165. The van der Waals surface area contributed by atoms with Gasteiger partial charge >= 0.3 is 0 Å². The molecule has 0 atom stereocenters. The zero-order chi connectivity index (χ0) is 6.15. The van der Waals surface area contributed by atoms with Gasteiger partial charge in [0.1, 0.15) is 0 Å².